The van der Waals surface area contributed by atoms with Gasteiger partial charge in [-0.25, -0.2) is 0 Å². The van der Waals surface area contributed by atoms with Crippen LogP contribution in [0.2, 0.25) is 0 Å². The Bertz CT molecular complexity index is 736. The molecule has 2 aromatic rings. The summed E-state index contributed by atoms with van der Waals surface area (Å²) in [5, 5.41) is 10.2. The number of furan rings is 1. The van der Waals surface area contributed by atoms with Crippen LogP contribution in [0.1, 0.15) is 42.1 Å². The molecule has 1 saturated heterocycles. The van der Waals surface area contributed by atoms with Crippen LogP contribution in [0, 0.1) is 12.8 Å². The first-order valence-electron chi connectivity index (χ1n) is 8.65. The van der Waals surface area contributed by atoms with Gasteiger partial charge in [-0.1, -0.05) is 24.6 Å². The van der Waals surface area contributed by atoms with Gasteiger partial charge in [0.05, 0.1) is 11.4 Å². The summed E-state index contributed by atoms with van der Waals surface area (Å²) in [5.74, 6) is 1.84. The number of aliphatic hydroxyl groups is 1. The Balaban J connectivity index is 1.59. The van der Waals surface area contributed by atoms with Gasteiger partial charge in [0.1, 0.15) is 5.76 Å². The number of nitrogens with zero attached hydrogens (tertiary/aromatic N) is 1. The number of carbonyl (C=O) groups excluding carboxylic acids is 1. The van der Waals surface area contributed by atoms with E-state index < -0.39 is 5.60 Å². The highest BCUT2D eigenvalue weighted by atomic mass is 32.2. The number of rotatable bonds is 4. The Kier molecular flexibility index (Phi) is 5.25. The Morgan fingerprint density at radius 2 is 2.04 bits per heavy atom. The van der Waals surface area contributed by atoms with E-state index in [9.17, 15) is 9.90 Å². The smallest absolute Gasteiger partial charge is 0.289 e. The van der Waals surface area contributed by atoms with Gasteiger partial charge in [-0.05, 0) is 44.5 Å². The molecule has 25 heavy (non-hydrogen) atoms. The predicted molar refractivity (Wildman–Crippen MR) is 99.8 cm³/mol. The molecule has 1 N–H and O–H groups in total. The lowest BCUT2D eigenvalue weighted by Gasteiger charge is -2.40. The zero-order valence-corrected chi connectivity index (χ0v) is 15.8. The third-order valence-electron chi connectivity index (χ3n) is 5.01. The summed E-state index contributed by atoms with van der Waals surface area (Å²) in [6.45, 7) is 7.00. The molecule has 0 saturated carbocycles. The predicted octanol–water partition coefficient (Wildman–Crippen LogP) is 4.11. The first-order chi connectivity index (χ1) is 11.8. The zero-order valence-electron chi connectivity index (χ0n) is 15.0. The topological polar surface area (TPSA) is 53.7 Å². The number of thioether (sulfide) groups is 1. The fraction of sp³-hybridized carbons (Fsp3) is 0.450. The Morgan fingerprint density at radius 3 is 2.72 bits per heavy atom. The van der Waals surface area contributed by atoms with Gasteiger partial charge in [0.15, 0.2) is 5.76 Å². The van der Waals surface area contributed by atoms with Gasteiger partial charge >= 0.3 is 0 Å². The Labute approximate surface area is 153 Å². The minimum atomic E-state index is -0.699. The maximum atomic E-state index is 12.6. The van der Waals surface area contributed by atoms with Crippen LogP contribution in [0.4, 0.5) is 0 Å². The first kappa shape index (κ1) is 18.1. The molecule has 0 unspecified atom stereocenters. The van der Waals surface area contributed by atoms with Crippen LogP contribution in [0.3, 0.4) is 0 Å². The van der Waals surface area contributed by atoms with Crippen molar-refractivity contribution in [2.45, 2.75) is 43.4 Å². The van der Waals surface area contributed by atoms with Crippen molar-refractivity contribution >= 4 is 17.7 Å². The largest absolute Gasteiger partial charge is 0.455 e. The van der Waals surface area contributed by atoms with E-state index in [1.165, 1.54) is 10.5 Å². The maximum absolute atomic E-state index is 12.6. The molecule has 2 atom stereocenters. The highest BCUT2D eigenvalue weighted by Crippen LogP contribution is 2.29. The van der Waals surface area contributed by atoms with Crippen LogP contribution < -0.4 is 0 Å². The van der Waals surface area contributed by atoms with Crippen molar-refractivity contribution in [3.63, 3.8) is 0 Å². The molecule has 1 aliphatic rings. The molecule has 1 fully saturated rings. The first-order valence-corrected chi connectivity index (χ1v) is 9.63. The molecule has 1 aliphatic heterocycles. The van der Waals surface area contributed by atoms with E-state index in [2.05, 4.69) is 31.2 Å². The van der Waals surface area contributed by atoms with E-state index in [-0.39, 0.29) is 11.8 Å². The SMILES string of the molecule is Cc1ccc(SCc2ccc(C(=O)N3CC[C@](C)(O)[C@H](C)C3)o2)cc1. The van der Waals surface area contributed by atoms with Crippen LogP contribution in [0.15, 0.2) is 45.7 Å². The van der Waals surface area contributed by atoms with E-state index in [4.69, 9.17) is 4.42 Å². The average Bonchev–Trinajstić information content (AvgIpc) is 3.05. The van der Waals surface area contributed by atoms with Crippen LogP contribution in [-0.2, 0) is 5.75 Å². The second-order valence-electron chi connectivity index (χ2n) is 7.13. The van der Waals surface area contributed by atoms with Crippen molar-refractivity contribution in [2.75, 3.05) is 13.1 Å². The van der Waals surface area contributed by atoms with Crippen molar-refractivity contribution in [3.8, 4) is 0 Å². The summed E-state index contributed by atoms with van der Waals surface area (Å²) >= 11 is 1.69. The molecule has 0 radical (unpaired) electrons. The second kappa shape index (κ2) is 7.26. The lowest BCUT2D eigenvalue weighted by molar-refractivity contribution is -0.0445. The Hall–Kier alpha value is -1.72. The van der Waals surface area contributed by atoms with Crippen LogP contribution in [0.5, 0.6) is 0 Å². The summed E-state index contributed by atoms with van der Waals surface area (Å²) in [6, 6.07) is 12.0. The lowest BCUT2D eigenvalue weighted by atomic mass is 9.84. The fourth-order valence-corrected chi connectivity index (χ4v) is 3.72. The van der Waals surface area contributed by atoms with Gasteiger partial charge in [0.25, 0.3) is 5.91 Å². The summed E-state index contributed by atoms with van der Waals surface area (Å²) in [7, 11) is 0. The normalized spacial score (nSPS) is 23.7. The molecule has 4 nitrogen and oxygen atoms in total. The molecule has 1 aromatic heterocycles. The van der Waals surface area contributed by atoms with Gasteiger partial charge in [0, 0.05) is 23.9 Å². The van der Waals surface area contributed by atoms with E-state index >= 15 is 0 Å². The van der Waals surface area contributed by atoms with Gasteiger partial charge < -0.3 is 14.4 Å². The number of aryl methyl sites for hydroxylation is 1. The minimum absolute atomic E-state index is 0.0525. The highest BCUT2D eigenvalue weighted by molar-refractivity contribution is 7.98. The molecule has 0 bridgehead atoms. The summed E-state index contributed by atoms with van der Waals surface area (Å²) < 4.78 is 5.76. The zero-order chi connectivity index (χ0) is 18.0. The second-order valence-corrected chi connectivity index (χ2v) is 8.18. The molecule has 1 aromatic carbocycles. The van der Waals surface area contributed by atoms with E-state index in [0.29, 0.717) is 31.0 Å². The van der Waals surface area contributed by atoms with Crippen molar-refractivity contribution < 1.29 is 14.3 Å². The number of likely N-dealkylation sites (tertiary alicyclic amines) is 1. The maximum Gasteiger partial charge on any atom is 0.289 e. The summed E-state index contributed by atoms with van der Waals surface area (Å²) in [4.78, 5) is 15.6. The monoisotopic (exact) mass is 359 g/mol. The van der Waals surface area contributed by atoms with Crippen LogP contribution in [0.25, 0.3) is 0 Å². The van der Waals surface area contributed by atoms with E-state index in [1.54, 1.807) is 22.7 Å². The third kappa shape index (κ3) is 4.28. The van der Waals surface area contributed by atoms with Crippen LogP contribution in [-0.4, -0.2) is 34.6 Å². The van der Waals surface area contributed by atoms with Gasteiger partial charge in [-0.2, -0.15) is 0 Å². The number of piperidine rings is 1. The molecule has 0 spiro atoms. The standard InChI is InChI=1S/C20H25NO3S/c1-14-4-7-17(8-5-14)25-13-16-6-9-18(24-16)19(22)21-11-10-20(3,23)15(2)12-21/h4-9,15,23H,10-13H2,1-3H3/t15-,20+/m1/s1. The number of hydrogen-bond acceptors (Lipinski definition) is 4. The van der Waals surface area contributed by atoms with Crippen molar-refractivity contribution in [1.29, 1.82) is 0 Å². The quantitative estimate of drug-likeness (QED) is 0.835. The molecule has 1 amide bonds. The van der Waals surface area contributed by atoms with Gasteiger partial charge in [-0.15, -0.1) is 11.8 Å². The molecular formula is C20H25NO3S. The number of amides is 1. The molecule has 3 rings (SSSR count). The minimum Gasteiger partial charge on any atom is -0.455 e. The van der Waals surface area contributed by atoms with Gasteiger partial charge in [0.2, 0.25) is 0 Å². The third-order valence-corrected chi connectivity index (χ3v) is 6.04. The number of carbonyl (C=O) groups is 1. The van der Waals surface area contributed by atoms with Crippen molar-refractivity contribution in [1.82, 2.24) is 4.90 Å². The number of benzene rings is 1. The molecule has 2 heterocycles. The molecular weight excluding hydrogens is 334 g/mol. The molecule has 134 valence electrons. The van der Waals surface area contributed by atoms with E-state index in [1.807, 2.05) is 19.9 Å². The lowest BCUT2D eigenvalue weighted by Crippen LogP contribution is -2.50. The highest BCUT2D eigenvalue weighted by Gasteiger charge is 2.36. The summed E-state index contributed by atoms with van der Waals surface area (Å²) in [5.41, 5.74) is 0.542. The van der Waals surface area contributed by atoms with Gasteiger partial charge in [-0.3, -0.25) is 4.79 Å². The Morgan fingerprint density at radius 1 is 1.32 bits per heavy atom. The molecule has 5 heteroatoms. The van der Waals surface area contributed by atoms with E-state index in [0.717, 1.165) is 5.76 Å². The van der Waals surface area contributed by atoms with Crippen molar-refractivity contribution in [2.24, 2.45) is 5.92 Å². The van der Waals surface area contributed by atoms with Crippen molar-refractivity contribution in [3.05, 3.63) is 53.5 Å². The molecule has 0 aliphatic carbocycles. The number of hydrogen-bond donors (Lipinski definition) is 1. The summed E-state index contributed by atoms with van der Waals surface area (Å²) in [6.07, 6.45) is 0.594. The van der Waals surface area contributed by atoms with Crippen LogP contribution >= 0.6 is 11.8 Å². The average molecular weight is 359 g/mol. The fourth-order valence-electron chi connectivity index (χ4n) is 2.93.